The number of carboxylic acids is 1. The maximum absolute atomic E-state index is 12.2. The number of carbonyl (C=O) groups is 1. The number of aromatic carboxylic acids is 1. The van der Waals surface area contributed by atoms with Gasteiger partial charge in [0.1, 0.15) is 0 Å². The minimum Gasteiger partial charge on any atom is -0.478 e. The molecule has 1 aromatic rings. The summed E-state index contributed by atoms with van der Waals surface area (Å²) < 4.78 is 27.3. The van der Waals surface area contributed by atoms with Crippen molar-refractivity contribution in [3.63, 3.8) is 0 Å². The number of carboxylic acid groups (broad SMARTS) is 1. The molecule has 0 saturated heterocycles. The van der Waals surface area contributed by atoms with Crippen LogP contribution in [-0.4, -0.2) is 26.0 Å². The molecule has 112 valence electrons. The van der Waals surface area contributed by atoms with E-state index in [-0.39, 0.29) is 16.4 Å². The average Bonchev–Trinajstić information content (AvgIpc) is 2.39. The van der Waals surface area contributed by atoms with E-state index in [1.54, 1.807) is 0 Å². The van der Waals surface area contributed by atoms with E-state index < -0.39 is 16.0 Å². The molecule has 1 rings (SSSR count). The van der Waals surface area contributed by atoms with Crippen LogP contribution in [0.2, 0.25) is 0 Å². The molecule has 0 heterocycles. The van der Waals surface area contributed by atoms with Gasteiger partial charge < -0.3 is 5.11 Å². The Kier molecular flexibility index (Phi) is 6.16. The van der Waals surface area contributed by atoms with E-state index in [2.05, 4.69) is 20.7 Å². The molecule has 0 fully saturated rings. The Morgan fingerprint density at radius 2 is 1.95 bits per heavy atom. The van der Waals surface area contributed by atoms with Gasteiger partial charge in [0.05, 0.1) is 10.5 Å². The lowest BCUT2D eigenvalue weighted by Gasteiger charge is -2.14. The lowest BCUT2D eigenvalue weighted by molar-refractivity contribution is 0.0696. The summed E-state index contributed by atoms with van der Waals surface area (Å²) in [7, 11) is -3.72. The Bertz CT molecular complexity index is 582. The van der Waals surface area contributed by atoms with E-state index >= 15 is 0 Å². The first-order valence-corrected chi connectivity index (χ1v) is 8.62. The highest BCUT2D eigenvalue weighted by Crippen LogP contribution is 2.23. The van der Waals surface area contributed by atoms with Gasteiger partial charge in [-0.2, -0.15) is 0 Å². The third-order valence-corrected chi connectivity index (χ3v) is 5.60. The molecule has 5 nitrogen and oxygen atoms in total. The number of rotatable bonds is 7. The second-order valence-electron chi connectivity index (χ2n) is 4.48. The monoisotopic (exact) mass is 363 g/mol. The second-order valence-corrected chi connectivity index (χ2v) is 7.07. The molecule has 0 bridgehead atoms. The zero-order chi connectivity index (χ0) is 15.3. The number of hydrogen-bond acceptors (Lipinski definition) is 3. The predicted molar refractivity (Wildman–Crippen MR) is 80.4 cm³/mol. The Hall–Kier alpha value is -0.920. The second kappa shape index (κ2) is 7.19. The molecule has 0 spiro atoms. The molecular formula is C13H18BrNO4S. The van der Waals surface area contributed by atoms with Gasteiger partial charge in [-0.05, 0) is 40.0 Å². The van der Waals surface area contributed by atoms with Crippen LogP contribution in [0.1, 0.15) is 37.0 Å². The van der Waals surface area contributed by atoms with Crippen molar-refractivity contribution in [1.82, 2.24) is 4.72 Å². The minimum atomic E-state index is -3.72. The third-order valence-electron chi connectivity index (χ3n) is 3.18. The normalized spacial score (nSPS) is 11.8. The summed E-state index contributed by atoms with van der Waals surface area (Å²) in [6.45, 7) is 4.35. The van der Waals surface area contributed by atoms with Crippen LogP contribution in [0.4, 0.5) is 0 Å². The quantitative estimate of drug-likeness (QED) is 0.779. The van der Waals surface area contributed by atoms with Gasteiger partial charge in [-0.1, -0.05) is 26.7 Å². The van der Waals surface area contributed by atoms with Crippen molar-refractivity contribution in [2.45, 2.75) is 31.6 Å². The van der Waals surface area contributed by atoms with Crippen molar-refractivity contribution >= 4 is 31.9 Å². The van der Waals surface area contributed by atoms with Crippen molar-refractivity contribution < 1.29 is 18.3 Å². The van der Waals surface area contributed by atoms with Crippen molar-refractivity contribution in [2.24, 2.45) is 5.92 Å². The summed E-state index contributed by atoms with van der Waals surface area (Å²) in [5.74, 6) is -0.889. The smallest absolute Gasteiger partial charge is 0.335 e. The fourth-order valence-electron chi connectivity index (χ4n) is 1.72. The molecule has 0 unspecified atom stereocenters. The molecule has 0 amide bonds. The highest BCUT2D eigenvalue weighted by Gasteiger charge is 2.20. The SMILES string of the molecule is CCC(CC)CNS(=O)(=O)c1cc(C(=O)O)ccc1Br. The molecular weight excluding hydrogens is 346 g/mol. The first-order valence-electron chi connectivity index (χ1n) is 6.34. The Morgan fingerprint density at radius 1 is 1.35 bits per heavy atom. The maximum atomic E-state index is 12.2. The fourth-order valence-corrected chi connectivity index (χ4v) is 3.83. The van der Waals surface area contributed by atoms with Crippen LogP contribution < -0.4 is 4.72 Å². The topological polar surface area (TPSA) is 83.5 Å². The number of benzene rings is 1. The summed E-state index contributed by atoms with van der Waals surface area (Å²) in [5, 5.41) is 8.93. The van der Waals surface area contributed by atoms with Crippen molar-refractivity contribution in [3.8, 4) is 0 Å². The van der Waals surface area contributed by atoms with Gasteiger partial charge in [0.2, 0.25) is 10.0 Å². The molecule has 1 aromatic carbocycles. The van der Waals surface area contributed by atoms with Crippen LogP contribution in [0.3, 0.4) is 0 Å². The van der Waals surface area contributed by atoms with Gasteiger partial charge in [0, 0.05) is 11.0 Å². The Morgan fingerprint density at radius 3 is 2.45 bits per heavy atom. The van der Waals surface area contributed by atoms with Gasteiger partial charge in [-0.3, -0.25) is 0 Å². The van der Waals surface area contributed by atoms with Crippen LogP contribution in [-0.2, 0) is 10.0 Å². The van der Waals surface area contributed by atoms with E-state index in [0.29, 0.717) is 11.0 Å². The van der Waals surface area contributed by atoms with E-state index in [0.717, 1.165) is 18.9 Å². The lowest BCUT2D eigenvalue weighted by atomic mass is 10.0. The molecule has 20 heavy (non-hydrogen) atoms. The highest BCUT2D eigenvalue weighted by atomic mass is 79.9. The first kappa shape index (κ1) is 17.1. The standard InChI is InChI=1S/C13H18BrNO4S/c1-3-9(4-2)8-15-20(18,19)12-7-10(13(16)17)5-6-11(12)14/h5-7,9,15H,3-4,8H2,1-2H3,(H,16,17). The van der Waals surface area contributed by atoms with E-state index in [1.165, 1.54) is 12.1 Å². The Labute approximate surface area is 127 Å². The van der Waals surface area contributed by atoms with Crippen LogP contribution in [0.15, 0.2) is 27.6 Å². The van der Waals surface area contributed by atoms with Crippen molar-refractivity contribution in [2.75, 3.05) is 6.54 Å². The third kappa shape index (κ3) is 4.29. The molecule has 2 N–H and O–H groups in total. The number of hydrogen-bond donors (Lipinski definition) is 2. The van der Waals surface area contributed by atoms with Gasteiger partial charge in [-0.25, -0.2) is 17.9 Å². The molecule has 7 heteroatoms. The molecule has 0 saturated carbocycles. The maximum Gasteiger partial charge on any atom is 0.335 e. The van der Waals surface area contributed by atoms with Crippen LogP contribution in [0, 0.1) is 5.92 Å². The molecule has 0 aliphatic carbocycles. The summed E-state index contributed by atoms with van der Waals surface area (Å²) in [5.41, 5.74) is -0.0592. The van der Waals surface area contributed by atoms with Gasteiger partial charge in [-0.15, -0.1) is 0 Å². The van der Waals surface area contributed by atoms with Crippen LogP contribution in [0.25, 0.3) is 0 Å². The van der Waals surface area contributed by atoms with E-state index in [1.807, 2.05) is 13.8 Å². The lowest BCUT2D eigenvalue weighted by Crippen LogP contribution is -2.29. The minimum absolute atomic E-state index is 0.0524. The summed E-state index contributed by atoms with van der Waals surface area (Å²) in [4.78, 5) is 10.9. The molecule has 0 aliphatic heterocycles. The first-order chi connectivity index (χ1) is 9.31. The van der Waals surface area contributed by atoms with Crippen molar-refractivity contribution in [1.29, 1.82) is 0 Å². The number of nitrogens with one attached hydrogen (secondary N) is 1. The number of sulfonamides is 1. The molecule has 0 atom stereocenters. The molecule has 0 aliphatic rings. The van der Waals surface area contributed by atoms with E-state index in [9.17, 15) is 13.2 Å². The molecule has 0 aromatic heterocycles. The molecule has 0 radical (unpaired) electrons. The fraction of sp³-hybridized carbons (Fsp3) is 0.462. The Balaban J connectivity index is 3.03. The predicted octanol–water partition coefficient (Wildman–Crippen LogP) is 2.86. The van der Waals surface area contributed by atoms with Gasteiger partial charge >= 0.3 is 5.97 Å². The number of halogens is 1. The van der Waals surface area contributed by atoms with E-state index in [4.69, 9.17) is 5.11 Å². The van der Waals surface area contributed by atoms with Gasteiger partial charge in [0.15, 0.2) is 0 Å². The highest BCUT2D eigenvalue weighted by molar-refractivity contribution is 9.10. The average molecular weight is 364 g/mol. The summed E-state index contributed by atoms with van der Waals surface area (Å²) in [6, 6.07) is 3.93. The zero-order valence-corrected chi connectivity index (χ0v) is 13.8. The summed E-state index contributed by atoms with van der Waals surface area (Å²) >= 11 is 3.14. The largest absolute Gasteiger partial charge is 0.478 e. The summed E-state index contributed by atoms with van der Waals surface area (Å²) in [6.07, 6.45) is 1.77. The van der Waals surface area contributed by atoms with Gasteiger partial charge in [0.25, 0.3) is 0 Å². The van der Waals surface area contributed by atoms with Crippen LogP contribution in [0.5, 0.6) is 0 Å². The zero-order valence-electron chi connectivity index (χ0n) is 11.4. The van der Waals surface area contributed by atoms with Crippen LogP contribution >= 0.6 is 15.9 Å². The van der Waals surface area contributed by atoms with Crippen molar-refractivity contribution in [3.05, 3.63) is 28.2 Å².